The van der Waals surface area contributed by atoms with Crippen molar-refractivity contribution in [2.24, 2.45) is 0 Å². The molecule has 0 bridgehead atoms. The lowest BCUT2D eigenvalue weighted by atomic mass is 10.0. The molecule has 0 spiro atoms. The molecule has 0 aliphatic rings. The van der Waals surface area contributed by atoms with Crippen LogP contribution in [0.3, 0.4) is 0 Å². The highest BCUT2D eigenvalue weighted by Crippen LogP contribution is 2.38. The first-order chi connectivity index (χ1) is 18.3. The Morgan fingerprint density at radius 2 is 1.55 bits per heavy atom. The van der Waals surface area contributed by atoms with Crippen LogP contribution in [-0.4, -0.2) is 21.0 Å². The van der Waals surface area contributed by atoms with Crippen molar-refractivity contribution in [3.05, 3.63) is 77.9 Å². The number of imidazole rings is 1. The summed E-state index contributed by atoms with van der Waals surface area (Å²) in [6.45, 7) is 0. The lowest BCUT2D eigenvalue weighted by molar-refractivity contribution is -0.139. The summed E-state index contributed by atoms with van der Waals surface area (Å²) in [4.78, 5) is 18.5. The maximum atomic E-state index is 13.2. The number of carboxylic acid groups (broad SMARTS) is 1. The first kappa shape index (κ1) is 27.2. The van der Waals surface area contributed by atoms with Crippen molar-refractivity contribution in [3.63, 3.8) is 0 Å². The van der Waals surface area contributed by atoms with Crippen LogP contribution >= 0.6 is 0 Å². The molecule has 38 heavy (non-hydrogen) atoms. The fourth-order valence-corrected chi connectivity index (χ4v) is 4.44. The Bertz CT molecular complexity index is 1350. The van der Waals surface area contributed by atoms with Gasteiger partial charge < -0.3 is 14.8 Å². The molecule has 200 valence electrons. The standard InChI is InChI=1S/C30H31F3N2O3/c31-30(32,33)24-11-8-9-12-27(24)38-23-17-15-22(16-18-23)29-34-25-19-14-21(20-26(25)35-29)10-6-4-2-1-3-5-7-13-28(36)37/h8-9,11-12,14-20H,1-7,10,13H2,(H,34,35)(H,36,37). The van der Waals surface area contributed by atoms with Crippen LogP contribution in [0.4, 0.5) is 13.2 Å². The second-order valence-electron chi connectivity index (χ2n) is 9.43. The molecule has 0 saturated heterocycles. The highest BCUT2D eigenvalue weighted by atomic mass is 19.4. The molecule has 3 aromatic carbocycles. The first-order valence-electron chi connectivity index (χ1n) is 12.9. The molecule has 0 saturated carbocycles. The number of unbranched alkanes of at least 4 members (excludes halogenated alkanes) is 6. The van der Waals surface area contributed by atoms with Gasteiger partial charge in [0.05, 0.1) is 16.6 Å². The van der Waals surface area contributed by atoms with E-state index in [9.17, 15) is 18.0 Å². The molecule has 1 heterocycles. The van der Waals surface area contributed by atoms with Gasteiger partial charge in [-0.3, -0.25) is 4.79 Å². The van der Waals surface area contributed by atoms with Gasteiger partial charge >= 0.3 is 12.1 Å². The summed E-state index contributed by atoms with van der Waals surface area (Å²) in [5.74, 6) is 0.0369. The molecule has 0 radical (unpaired) electrons. The number of nitrogens with zero attached hydrogens (tertiary/aromatic N) is 1. The van der Waals surface area contributed by atoms with Gasteiger partial charge in [0.2, 0.25) is 0 Å². The second kappa shape index (κ2) is 12.6. The molecule has 0 amide bonds. The molecule has 4 aromatic rings. The fraction of sp³-hybridized carbons (Fsp3) is 0.333. The Balaban J connectivity index is 1.30. The van der Waals surface area contributed by atoms with Crippen molar-refractivity contribution in [3.8, 4) is 22.9 Å². The summed E-state index contributed by atoms with van der Waals surface area (Å²) in [5, 5.41) is 8.66. The van der Waals surface area contributed by atoms with Gasteiger partial charge in [0.15, 0.2) is 0 Å². The Kier molecular flexibility index (Phi) is 9.05. The molecule has 4 rings (SSSR count). The number of ether oxygens (including phenoxy) is 1. The molecule has 5 nitrogen and oxygen atoms in total. The fourth-order valence-electron chi connectivity index (χ4n) is 4.44. The number of hydrogen-bond donors (Lipinski definition) is 2. The van der Waals surface area contributed by atoms with Crippen LogP contribution in [0.5, 0.6) is 11.5 Å². The highest BCUT2D eigenvalue weighted by molar-refractivity contribution is 5.80. The van der Waals surface area contributed by atoms with Gasteiger partial charge in [-0.15, -0.1) is 0 Å². The van der Waals surface area contributed by atoms with Crippen molar-refractivity contribution in [1.29, 1.82) is 0 Å². The maximum absolute atomic E-state index is 13.2. The minimum absolute atomic E-state index is 0.236. The SMILES string of the molecule is O=C(O)CCCCCCCCCc1ccc2nc(-c3ccc(Oc4ccccc4C(F)(F)F)cc3)[nH]c2c1. The summed E-state index contributed by atoms with van der Waals surface area (Å²) >= 11 is 0. The number of halogens is 3. The number of aryl methyl sites for hydroxylation is 1. The molecule has 1 aromatic heterocycles. The topological polar surface area (TPSA) is 75.2 Å². The molecular weight excluding hydrogens is 493 g/mol. The Morgan fingerprint density at radius 1 is 0.868 bits per heavy atom. The summed E-state index contributed by atoms with van der Waals surface area (Å²) < 4.78 is 45.2. The van der Waals surface area contributed by atoms with E-state index in [0.717, 1.165) is 74.0 Å². The van der Waals surface area contributed by atoms with Gasteiger partial charge in [-0.2, -0.15) is 13.2 Å². The van der Waals surface area contributed by atoms with E-state index < -0.39 is 17.7 Å². The first-order valence-corrected chi connectivity index (χ1v) is 12.9. The van der Waals surface area contributed by atoms with E-state index in [1.807, 2.05) is 6.07 Å². The number of para-hydroxylation sites is 1. The maximum Gasteiger partial charge on any atom is 0.419 e. The predicted octanol–water partition coefficient (Wildman–Crippen LogP) is 8.79. The highest BCUT2D eigenvalue weighted by Gasteiger charge is 2.34. The summed E-state index contributed by atoms with van der Waals surface area (Å²) in [6, 6.07) is 18.2. The molecule has 2 N–H and O–H groups in total. The van der Waals surface area contributed by atoms with E-state index in [-0.39, 0.29) is 12.2 Å². The molecule has 0 atom stereocenters. The molecule has 0 unspecified atom stereocenters. The smallest absolute Gasteiger partial charge is 0.419 e. The van der Waals surface area contributed by atoms with Crippen LogP contribution in [0.1, 0.15) is 62.5 Å². The van der Waals surface area contributed by atoms with E-state index in [4.69, 9.17) is 9.84 Å². The van der Waals surface area contributed by atoms with E-state index in [0.29, 0.717) is 11.6 Å². The number of aliphatic carboxylic acids is 1. The van der Waals surface area contributed by atoms with Crippen molar-refractivity contribution in [1.82, 2.24) is 9.97 Å². The summed E-state index contributed by atoms with van der Waals surface area (Å²) in [6.07, 6.45) is 4.12. The summed E-state index contributed by atoms with van der Waals surface area (Å²) in [7, 11) is 0. The van der Waals surface area contributed by atoms with Crippen molar-refractivity contribution >= 4 is 17.0 Å². The zero-order chi connectivity index (χ0) is 27.0. The van der Waals surface area contributed by atoms with Gasteiger partial charge in [0.1, 0.15) is 17.3 Å². The van der Waals surface area contributed by atoms with Crippen LogP contribution < -0.4 is 4.74 Å². The van der Waals surface area contributed by atoms with Crippen molar-refractivity contribution in [2.45, 2.75) is 64.0 Å². The lowest BCUT2D eigenvalue weighted by Crippen LogP contribution is -2.06. The third-order valence-corrected chi connectivity index (χ3v) is 6.45. The predicted molar refractivity (Wildman–Crippen MR) is 141 cm³/mol. The van der Waals surface area contributed by atoms with Crippen LogP contribution in [0.25, 0.3) is 22.4 Å². The number of fused-ring (bicyclic) bond motifs is 1. The molecule has 0 aliphatic heterocycles. The summed E-state index contributed by atoms with van der Waals surface area (Å²) in [5.41, 5.74) is 3.02. The average Bonchev–Trinajstić information content (AvgIpc) is 3.31. The molecular formula is C30H31F3N2O3. The Morgan fingerprint density at radius 3 is 2.26 bits per heavy atom. The van der Waals surface area contributed by atoms with Gasteiger partial charge in [0.25, 0.3) is 0 Å². The minimum Gasteiger partial charge on any atom is -0.481 e. The zero-order valence-corrected chi connectivity index (χ0v) is 21.1. The third-order valence-electron chi connectivity index (χ3n) is 6.45. The van der Waals surface area contributed by atoms with Crippen LogP contribution in [0.15, 0.2) is 66.7 Å². The minimum atomic E-state index is -4.49. The Hall–Kier alpha value is -3.81. The van der Waals surface area contributed by atoms with E-state index in [1.165, 1.54) is 23.8 Å². The van der Waals surface area contributed by atoms with Crippen LogP contribution in [-0.2, 0) is 17.4 Å². The quantitative estimate of drug-likeness (QED) is 0.171. The monoisotopic (exact) mass is 524 g/mol. The largest absolute Gasteiger partial charge is 0.481 e. The van der Waals surface area contributed by atoms with Crippen LogP contribution in [0.2, 0.25) is 0 Å². The normalized spacial score (nSPS) is 11.7. The number of nitrogens with one attached hydrogen (secondary N) is 1. The van der Waals surface area contributed by atoms with E-state index >= 15 is 0 Å². The van der Waals surface area contributed by atoms with Gasteiger partial charge in [-0.25, -0.2) is 4.98 Å². The number of aromatic amines is 1. The van der Waals surface area contributed by atoms with E-state index in [1.54, 1.807) is 24.3 Å². The van der Waals surface area contributed by atoms with E-state index in [2.05, 4.69) is 22.1 Å². The zero-order valence-electron chi connectivity index (χ0n) is 21.1. The van der Waals surface area contributed by atoms with Crippen molar-refractivity contribution < 1.29 is 27.8 Å². The number of H-pyrrole nitrogens is 1. The lowest BCUT2D eigenvalue weighted by Gasteiger charge is -2.13. The third kappa shape index (κ3) is 7.60. The molecule has 0 aliphatic carbocycles. The molecule has 8 heteroatoms. The number of carbonyl (C=O) groups is 1. The molecule has 0 fully saturated rings. The van der Waals surface area contributed by atoms with Gasteiger partial charge in [0, 0.05) is 12.0 Å². The second-order valence-corrected chi connectivity index (χ2v) is 9.43. The number of rotatable bonds is 13. The number of alkyl halides is 3. The number of carboxylic acids is 1. The number of benzene rings is 3. The van der Waals surface area contributed by atoms with Gasteiger partial charge in [-0.05, 0) is 73.4 Å². The number of hydrogen-bond acceptors (Lipinski definition) is 3. The van der Waals surface area contributed by atoms with Gasteiger partial charge in [-0.1, -0.05) is 50.3 Å². The number of aromatic nitrogens is 2. The van der Waals surface area contributed by atoms with Crippen LogP contribution in [0, 0.1) is 0 Å². The van der Waals surface area contributed by atoms with Crippen molar-refractivity contribution in [2.75, 3.05) is 0 Å². The average molecular weight is 525 g/mol. The Labute approximate surface area is 219 Å².